The van der Waals surface area contributed by atoms with Crippen LogP contribution in [0.25, 0.3) is 0 Å². The summed E-state index contributed by atoms with van der Waals surface area (Å²) in [4.78, 5) is 2.56. The van der Waals surface area contributed by atoms with Crippen molar-refractivity contribution in [1.82, 2.24) is 10.2 Å². The maximum Gasteiger partial charge on any atom is 0.0611 e. The summed E-state index contributed by atoms with van der Waals surface area (Å²) in [6, 6.07) is 1.22. The van der Waals surface area contributed by atoms with Gasteiger partial charge in [-0.3, -0.25) is 0 Å². The lowest BCUT2D eigenvalue weighted by Gasteiger charge is -2.42. The van der Waals surface area contributed by atoms with Crippen molar-refractivity contribution in [3.05, 3.63) is 0 Å². The maximum atomic E-state index is 9.72. The summed E-state index contributed by atoms with van der Waals surface area (Å²) < 4.78 is 0. The molecule has 4 unspecified atom stereocenters. The molecular weight excluding hydrogens is 248 g/mol. The van der Waals surface area contributed by atoms with Crippen LogP contribution < -0.4 is 5.32 Å². The molecule has 3 nitrogen and oxygen atoms in total. The van der Waals surface area contributed by atoms with E-state index in [0.717, 1.165) is 25.3 Å². The second-order valence-electron chi connectivity index (χ2n) is 7.19. The Balaban J connectivity index is 2.56. The molecule has 0 bridgehead atoms. The van der Waals surface area contributed by atoms with Crippen LogP contribution in [0.3, 0.4) is 0 Å². The number of rotatable bonds is 8. The van der Waals surface area contributed by atoms with E-state index >= 15 is 0 Å². The van der Waals surface area contributed by atoms with Crippen LogP contribution >= 0.6 is 0 Å². The highest BCUT2D eigenvalue weighted by Gasteiger charge is 2.31. The van der Waals surface area contributed by atoms with Crippen LogP contribution in [-0.2, 0) is 0 Å². The Kier molecular flexibility index (Phi) is 7.49. The molecule has 0 saturated heterocycles. The first-order chi connectivity index (χ1) is 9.43. The Morgan fingerprint density at radius 2 is 2.00 bits per heavy atom. The van der Waals surface area contributed by atoms with E-state index in [1.54, 1.807) is 0 Å². The fraction of sp³-hybridized carbons (Fsp3) is 1.00. The Morgan fingerprint density at radius 1 is 1.35 bits per heavy atom. The van der Waals surface area contributed by atoms with Gasteiger partial charge in [0.15, 0.2) is 0 Å². The standard InChI is InChI=1S/C17H36N2O/c1-6-11-18-17(4,13-20)12-15(3)19(5)16-10-8-7-9-14(16)2/h14-16,18,20H,6-13H2,1-5H3. The Bertz CT molecular complexity index is 272. The predicted molar refractivity (Wildman–Crippen MR) is 87.0 cm³/mol. The van der Waals surface area contributed by atoms with Crippen LogP contribution in [0.5, 0.6) is 0 Å². The molecular formula is C17H36N2O. The molecule has 0 aromatic rings. The van der Waals surface area contributed by atoms with Crippen molar-refractivity contribution >= 4 is 0 Å². The molecule has 2 N–H and O–H groups in total. The molecule has 1 aliphatic carbocycles. The van der Waals surface area contributed by atoms with Crippen molar-refractivity contribution in [2.24, 2.45) is 5.92 Å². The van der Waals surface area contributed by atoms with Gasteiger partial charge in [0.1, 0.15) is 0 Å². The molecule has 20 heavy (non-hydrogen) atoms. The van der Waals surface area contributed by atoms with E-state index in [1.165, 1.54) is 25.7 Å². The van der Waals surface area contributed by atoms with Gasteiger partial charge in [-0.05, 0) is 59.0 Å². The lowest BCUT2D eigenvalue weighted by Crippen LogP contribution is -2.52. The van der Waals surface area contributed by atoms with Gasteiger partial charge < -0.3 is 15.3 Å². The number of hydrogen-bond donors (Lipinski definition) is 2. The third-order valence-electron chi connectivity index (χ3n) is 5.18. The van der Waals surface area contributed by atoms with Gasteiger partial charge in [0, 0.05) is 17.6 Å². The van der Waals surface area contributed by atoms with E-state index in [-0.39, 0.29) is 12.1 Å². The first-order valence-corrected chi connectivity index (χ1v) is 8.51. The van der Waals surface area contributed by atoms with Crippen LogP contribution in [-0.4, -0.2) is 47.8 Å². The topological polar surface area (TPSA) is 35.5 Å². The summed E-state index contributed by atoms with van der Waals surface area (Å²) in [7, 11) is 2.27. The minimum Gasteiger partial charge on any atom is -0.394 e. The zero-order chi connectivity index (χ0) is 15.2. The normalized spacial score (nSPS) is 28.4. The largest absolute Gasteiger partial charge is 0.394 e. The zero-order valence-electron chi connectivity index (χ0n) is 14.3. The smallest absolute Gasteiger partial charge is 0.0611 e. The van der Waals surface area contributed by atoms with Gasteiger partial charge in [0.2, 0.25) is 0 Å². The summed E-state index contributed by atoms with van der Waals surface area (Å²) in [5.74, 6) is 0.806. The average Bonchev–Trinajstić information content (AvgIpc) is 2.45. The van der Waals surface area contributed by atoms with Crippen LogP contribution in [0.2, 0.25) is 0 Å². The molecule has 1 saturated carbocycles. The summed E-state index contributed by atoms with van der Waals surface area (Å²) in [5, 5.41) is 13.2. The molecule has 0 spiro atoms. The highest BCUT2D eigenvalue weighted by molar-refractivity contribution is 4.89. The molecule has 1 aliphatic rings. The first kappa shape index (κ1) is 17.9. The van der Waals surface area contributed by atoms with Gasteiger partial charge in [0.25, 0.3) is 0 Å². The number of aliphatic hydroxyl groups is 1. The van der Waals surface area contributed by atoms with E-state index in [9.17, 15) is 5.11 Å². The number of hydrogen-bond acceptors (Lipinski definition) is 3. The number of nitrogens with one attached hydrogen (secondary N) is 1. The molecule has 1 rings (SSSR count). The zero-order valence-corrected chi connectivity index (χ0v) is 14.3. The van der Waals surface area contributed by atoms with E-state index < -0.39 is 0 Å². The molecule has 3 heteroatoms. The second kappa shape index (κ2) is 8.35. The van der Waals surface area contributed by atoms with E-state index in [0.29, 0.717) is 12.1 Å². The molecule has 0 aromatic heterocycles. The van der Waals surface area contributed by atoms with E-state index in [4.69, 9.17) is 0 Å². The predicted octanol–water partition coefficient (Wildman–Crippen LogP) is 3.03. The summed E-state index contributed by atoms with van der Waals surface area (Å²) in [6.45, 7) is 10.2. The monoisotopic (exact) mass is 284 g/mol. The average molecular weight is 284 g/mol. The lowest BCUT2D eigenvalue weighted by atomic mass is 9.83. The molecule has 0 heterocycles. The Labute approximate surface area is 126 Å². The van der Waals surface area contributed by atoms with E-state index in [1.807, 2.05) is 0 Å². The minimum absolute atomic E-state index is 0.151. The molecule has 1 fully saturated rings. The third-order valence-corrected chi connectivity index (χ3v) is 5.18. The van der Waals surface area contributed by atoms with Crippen molar-refractivity contribution in [1.29, 1.82) is 0 Å². The second-order valence-corrected chi connectivity index (χ2v) is 7.19. The van der Waals surface area contributed by atoms with Crippen LogP contribution in [0.1, 0.15) is 66.2 Å². The van der Waals surface area contributed by atoms with Gasteiger partial charge in [-0.25, -0.2) is 0 Å². The quantitative estimate of drug-likeness (QED) is 0.719. The Hall–Kier alpha value is -0.120. The lowest BCUT2D eigenvalue weighted by molar-refractivity contribution is 0.0698. The van der Waals surface area contributed by atoms with Gasteiger partial charge >= 0.3 is 0 Å². The third kappa shape index (κ3) is 5.01. The highest BCUT2D eigenvalue weighted by atomic mass is 16.3. The van der Waals surface area contributed by atoms with E-state index in [2.05, 4.69) is 45.0 Å². The highest BCUT2D eigenvalue weighted by Crippen LogP contribution is 2.29. The van der Waals surface area contributed by atoms with Crippen molar-refractivity contribution < 1.29 is 5.11 Å². The summed E-state index contributed by atoms with van der Waals surface area (Å²) in [5.41, 5.74) is -0.151. The SMILES string of the molecule is CCCNC(C)(CO)CC(C)N(C)C1CCCCC1C. The molecule has 4 atom stereocenters. The van der Waals surface area contributed by atoms with Crippen molar-refractivity contribution in [2.45, 2.75) is 83.8 Å². The van der Waals surface area contributed by atoms with Gasteiger partial charge in [-0.15, -0.1) is 0 Å². The van der Waals surface area contributed by atoms with Crippen LogP contribution in [0.4, 0.5) is 0 Å². The number of nitrogens with zero attached hydrogens (tertiary/aromatic N) is 1. The molecule has 120 valence electrons. The van der Waals surface area contributed by atoms with Crippen molar-refractivity contribution in [3.8, 4) is 0 Å². The Morgan fingerprint density at radius 3 is 2.55 bits per heavy atom. The van der Waals surface area contributed by atoms with Gasteiger partial charge in [-0.1, -0.05) is 26.7 Å². The molecule has 0 amide bonds. The summed E-state index contributed by atoms with van der Waals surface area (Å²) >= 11 is 0. The van der Waals surface area contributed by atoms with Crippen LogP contribution in [0.15, 0.2) is 0 Å². The molecule has 0 radical (unpaired) electrons. The van der Waals surface area contributed by atoms with Crippen LogP contribution in [0, 0.1) is 5.92 Å². The maximum absolute atomic E-state index is 9.72. The fourth-order valence-electron chi connectivity index (χ4n) is 3.64. The fourth-order valence-corrected chi connectivity index (χ4v) is 3.64. The number of aliphatic hydroxyl groups excluding tert-OH is 1. The van der Waals surface area contributed by atoms with Crippen molar-refractivity contribution in [3.63, 3.8) is 0 Å². The van der Waals surface area contributed by atoms with Gasteiger partial charge in [-0.2, -0.15) is 0 Å². The molecule has 0 aliphatic heterocycles. The van der Waals surface area contributed by atoms with Crippen molar-refractivity contribution in [2.75, 3.05) is 20.2 Å². The first-order valence-electron chi connectivity index (χ1n) is 8.51. The summed E-state index contributed by atoms with van der Waals surface area (Å²) in [6.07, 6.45) is 7.58. The van der Waals surface area contributed by atoms with Gasteiger partial charge in [0.05, 0.1) is 6.61 Å². The molecule has 0 aromatic carbocycles. The minimum atomic E-state index is -0.151.